The Kier molecular flexibility index (Phi) is 4.65. The maximum absolute atomic E-state index is 10.6. The van der Waals surface area contributed by atoms with Crippen molar-refractivity contribution in [2.24, 2.45) is 0 Å². The SMILES string of the molecule is COCc1nc(-c2ccccc2C)sc1/C=C/C(=O)O. The third-order valence-electron chi connectivity index (χ3n) is 2.76. The number of hydrogen-bond donors (Lipinski definition) is 1. The number of carbonyl (C=O) groups is 1. The highest BCUT2D eigenvalue weighted by molar-refractivity contribution is 7.16. The number of aliphatic carboxylic acids is 1. The van der Waals surface area contributed by atoms with Crippen molar-refractivity contribution in [2.45, 2.75) is 13.5 Å². The van der Waals surface area contributed by atoms with Gasteiger partial charge in [0.2, 0.25) is 0 Å². The Bertz CT molecular complexity index is 646. The molecule has 0 aliphatic carbocycles. The molecule has 0 aliphatic rings. The zero-order chi connectivity index (χ0) is 14.5. The lowest BCUT2D eigenvalue weighted by molar-refractivity contribution is -0.131. The Morgan fingerprint density at radius 3 is 2.85 bits per heavy atom. The summed E-state index contributed by atoms with van der Waals surface area (Å²) in [5.41, 5.74) is 2.96. The number of thiazole rings is 1. The lowest BCUT2D eigenvalue weighted by atomic mass is 10.1. The summed E-state index contributed by atoms with van der Waals surface area (Å²) in [6.07, 6.45) is 2.68. The van der Waals surface area contributed by atoms with Gasteiger partial charge in [-0.05, 0) is 18.6 Å². The molecular formula is C15H15NO3S. The second-order valence-corrected chi connectivity index (χ2v) is 5.28. The van der Waals surface area contributed by atoms with E-state index in [1.165, 1.54) is 11.3 Å². The molecule has 0 aliphatic heterocycles. The number of methoxy groups -OCH3 is 1. The van der Waals surface area contributed by atoms with E-state index in [-0.39, 0.29) is 0 Å². The average Bonchev–Trinajstić information content (AvgIpc) is 2.80. The van der Waals surface area contributed by atoms with Crippen LogP contribution in [0.5, 0.6) is 0 Å². The van der Waals surface area contributed by atoms with Crippen LogP contribution in [0.3, 0.4) is 0 Å². The van der Waals surface area contributed by atoms with Crippen molar-refractivity contribution in [1.82, 2.24) is 4.98 Å². The van der Waals surface area contributed by atoms with Crippen LogP contribution in [0, 0.1) is 6.92 Å². The molecule has 0 atom stereocenters. The summed E-state index contributed by atoms with van der Waals surface area (Å²) in [4.78, 5) is 16.0. The van der Waals surface area contributed by atoms with Crippen LogP contribution < -0.4 is 0 Å². The second-order valence-electron chi connectivity index (χ2n) is 4.25. The van der Waals surface area contributed by atoms with Gasteiger partial charge in [0, 0.05) is 18.7 Å². The van der Waals surface area contributed by atoms with E-state index >= 15 is 0 Å². The van der Waals surface area contributed by atoms with E-state index < -0.39 is 5.97 Å². The molecule has 0 fully saturated rings. The Morgan fingerprint density at radius 2 is 2.20 bits per heavy atom. The molecule has 1 aromatic carbocycles. The summed E-state index contributed by atoms with van der Waals surface area (Å²) in [7, 11) is 1.59. The van der Waals surface area contributed by atoms with Gasteiger partial charge in [-0.1, -0.05) is 24.3 Å². The Hall–Kier alpha value is -1.98. The maximum Gasteiger partial charge on any atom is 0.328 e. The van der Waals surface area contributed by atoms with Crippen molar-refractivity contribution in [2.75, 3.05) is 7.11 Å². The molecule has 20 heavy (non-hydrogen) atoms. The second kappa shape index (κ2) is 6.45. The van der Waals surface area contributed by atoms with Crippen LogP contribution in [0.15, 0.2) is 30.3 Å². The summed E-state index contributed by atoms with van der Waals surface area (Å²) >= 11 is 1.47. The molecule has 0 amide bonds. The molecule has 0 unspecified atom stereocenters. The summed E-state index contributed by atoms with van der Waals surface area (Å²) in [5, 5.41) is 9.60. The number of aromatic nitrogens is 1. The summed E-state index contributed by atoms with van der Waals surface area (Å²) < 4.78 is 5.12. The van der Waals surface area contributed by atoms with E-state index in [0.717, 1.165) is 32.8 Å². The number of carboxylic acid groups (broad SMARTS) is 1. The van der Waals surface area contributed by atoms with Crippen LogP contribution in [0.2, 0.25) is 0 Å². The van der Waals surface area contributed by atoms with Gasteiger partial charge in [-0.2, -0.15) is 0 Å². The van der Waals surface area contributed by atoms with Crippen LogP contribution >= 0.6 is 11.3 Å². The minimum Gasteiger partial charge on any atom is -0.478 e. The smallest absolute Gasteiger partial charge is 0.328 e. The molecule has 1 N–H and O–H groups in total. The molecule has 0 spiro atoms. The van der Waals surface area contributed by atoms with E-state index in [4.69, 9.17) is 9.84 Å². The van der Waals surface area contributed by atoms with Gasteiger partial charge in [-0.25, -0.2) is 9.78 Å². The lowest BCUT2D eigenvalue weighted by Gasteiger charge is -2.00. The van der Waals surface area contributed by atoms with Gasteiger partial charge in [0.15, 0.2) is 0 Å². The monoisotopic (exact) mass is 289 g/mol. The van der Waals surface area contributed by atoms with E-state index in [9.17, 15) is 4.79 Å². The van der Waals surface area contributed by atoms with E-state index in [1.54, 1.807) is 13.2 Å². The van der Waals surface area contributed by atoms with Crippen LogP contribution in [0.4, 0.5) is 0 Å². The van der Waals surface area contributed by atoms with Crippen molar-refractivity contribution >= 4 is 23.4 Å². The zero-order valence-electron chi connectivity index (χ0n) is 11.3. The summed E-state index contributed by atoms with van der Waals surface area (Å²) in [5.74, 6) is -0.973. The minimum atomic E-state index is -0.973. The van der Waals surface area contributed by atoms with Gasteiger partial charge in [0.25, 0.3) is 0 Å². The fourth-order valence-corrected chi connectivity index (χ4v) is 2.87. The van der Waals surface area contributed by atoms with Crippen molar-refractivity contribution in [3.05, 3.63) is 46.5 Å². The molecule has 5 heteroatoms. The van der Waals surface area contributed by atoms with Gasteiger partial charge in [-0.15, -0.1) is 11.3 Å². The summed E-state index contributed by atoms with van der Waals surface area (Å²) in [6, 6.07) is 7.98. The first-order valence-corrected chi connectivity index (χ1v) is 6.89. The van der Waals surface area contributed by atoms with Crippen LogP contribution in [-0.2, 0) is 16.1 Å². The Morgan fingerprint density at radius 1 is 1.45 bits per heavy atom. The highest BCUT2D eigenvalue weighted by atomic mass is 32.1. The predicted octanol–water partition coefficient (Wildman–Crippen LogP) is 3.36. The topological polar surface area (TPSA) is 59.4 Å². The first-order valence-electron chi connectivity index (χ1n) is 6.07. The number of rotatable bonds is 5. The largest absolute Gasteiger partial charge is 0.478 e. The number of hydrogen-bond acceptors (Lipinski definition) is 4. The molecular weight excluding hydrogens is 274 g/mol. The van der Waals surface area contributed by atoms with Crippen LogP contribution in [0.1, 0.15) is 16.1 Å². The van der Waals surface area contributed by atoms with E-state index in [0.29, 0.717) is 6.61 Å². The highest BCUT2D eigenvalue weighted by Gasteiger charge is 2.12. The fourth-order valence-electron chi connectivity index (χ4n) is 1.81. The first-order chi connectivity index (χ1) is 9.61. The Labute approximate surface area is 121 Å². The molecule has 4 nitrogen and oxygen atoms in total. The normalized spacial score (nSPS) is 11.1. The quantitative estimate of drug-likeness (QED) is 0.857. The number of aryl methyl sites for hydroxylation is 1. The van der Waals surface area contributed by atoms with Crippen molar-refractivity contribution < 1.29 is 14.6 Å². The third kappa shape index (κ3) is 3.31. The van der Waals surface area contributed by atoms with Crippen LogP contribution in [-0.4, -0.2) is 23.2 Å². The molecule has 1 aromatic heterocycles. The number of benzene rings is 1. The number of ether oxygens (including phenoxy) is 1. The van der Waals surface area contributed by atoms with Crippen molar-refractivity contribution in [3.63, 3.8) is 0 Å². The molecule has 0 radical (unpaired) electrons. The molecule has 0 saturated carbocycles. The highest BCUT2D eigenvalue weighted by Crippen LogP contribution is 2.31. The molecule has 1 heterocycles. The zero-order valence-corrected chi connectivity index (χ0v) is 12.1. The van der Waals surface area contributed by atoms with E-state index in [1.807, 2.05) is 31.2 Å². The fraction of sp³-hybridized carbons (Fsp3) is 0.200. The predicted molar refractivity (Wildman–Crippen MR) is 79.7 cm³/mol. The minimum absolute atomic E-state index is 0.363. The molecule has 2 aromatic rings. The molecule has 0 bridgehead atoms. The Balaban J connectivity index is 2.44. The number of carboxylic acids is 1. The molecule has 0 saturated heterocycles. The number of nitrogens with zero attached hydrogens (tertiary/aromatic N) is 1. The van der Waals surface area contributed by atoms with Gasteiger partial charge < -0.3 is 9.84 Å². The molecule has 104 valence electrons. The average molecular weight is 289 g/mol. The van der Waals surface area contributed by atoms with Gasteiger partial charge in [-0.3, -0.25) is 0 Å². The van der Waals surface area contributed by atoms with E-state index in [2.05, 4.69) is 4.98 Å². The van der Waals surface area contributed by atoms with Gasteiger partial charge >= 0.3 is 5.97 Å². The summed E-state index contributed by atoms with van der Waals surface area (Å²) in [6.45, 7) is 2.39. The first kappa shape index (κ1) is 14.4. The standard InChI is InChI=1S/C15H15NO3S/c1-10-5-3-4-6-11(10)15-16-12(9-19-2)13(20-15)7-8-14(17)18/h3-8H,9H2,1-2H3,(H,17,18)/b8-7+. The molecule has 2 rings (SSSR count). The van der Waals surface area contributed by atoms with Crippen molar-refractivity contribution in [1.29, 1.82) is 0 Å². The van der Waals surface area contributed by atoms with Gasteiger partial charge in [0.05, 0.1) is 17.2 Å². The maximum atomic E-state index is 10.6. The van der Waals surface area contributed by atoms with Gasteiger partial charge in [0.1, 0.15) is 5.01 Å². The third-order valence-corrected chi connectivity index (χ3v) is 3.86. The lowest BCUT2D eigenvalue weighted by Crippen LogP contribution is -1.91. The van der Waals surface area contributed by atoms with Crippen molar-refractivity contribution in [3.8, 4) is 10.6 Å². The van der Waals surface area contributed by atoms with Crippen LogP contribution in [0.25, 0.3) is 16.6 Å².